The van der Waals surface area contributed by atoms with Crippen LogP contribution >= 0.6 is 11.6 Å². The van der Waals surface area contributed by atoms with Crippen molar-refractivity contribution >= 4 is 68.4 Å². The van der Waals surface area contributed by atoms with Gasteiger partial charge in [-0.05, 0) is 29.8 Å². The van der Waals surface area contributed by atoms with Crippen LogP contribution in [0.2, 0.25) is 0 Å². The van der Waals surface area contributed by atoms with E-state index in [4.69, 9.17) is 22.5 Å². The Morgan fingerprint density at radius 2 is 1.58 bits per heavy atom. The number of hydrogen-bond donors (Lipinski definition) is 6. The third-order valence-corrected chi connectivity index (χ3v) is 9.57. The molecule has 0 spiro atoms. The normalized spacial score (nSPS) is 16.1. The number of anilines is 2. The Hall–Kier alpha value is -5.39. The average Bonchev–Trinajstić information content (AvgIpc) is 3.70. The van der Waals surface area contributed by atoms with Gasteiger partial charge in [0.1, 0.15) is 30.5 Å². The molecule has 3 heterocycles. The van der Waals surface area contributed by atoms with Crippen LogP contribution in [0, 0.1) is 0 Å². The minimum atomic E-state index is -3.53. The van der Waals surface area contributed by atoms with E-state index in [0.717, 1.165) is 0 Å². The van der Waals surface area contributed by atoms with E-state index in [1.165, 1.54) is 33.4 Å². The Labute approximate surface area is 281 Å². The fourth-order valence-electron chi connectivity index (χ4n) is 4.94. The van der Waals surface area contributed by atoms with Gasteiger partial charge in [-0.2, -0.15) is 10.0 Å². The predicted octanol–water partition coefficient (Wildman–Crippen LogP) is 1.48. The molecule has 1 aliphatic rings. The predicted molar refractivity (Wildman–Crippen MR) is 178 cm³/mol. The highest BCUT2D eigenvalue weighted by atomic mass is 35.5. The van der Waals surface area contributed by atoms with E-state index in [2.05, 4.69) is 26.5 Å². The summed E-state index contributed by atoms with van der Waals surface area (Å²) in [5, 5.41) is 19.6. The molecule has 16 nitrogen and oxygen atoms in total. The highest BCUT2D eigenvalue weighted by Gasteiger charge is 2.38. The van der Waals surface area contributed by atoms with E-state index in [1.807, 2.05) is 0 Å². The number of aromatic nitrogens is 2. The molecule has 0 saturated carbocycles. The number of allylic oxidation sites excluding steroid dienone is 2. The molecule has 0 bridgehead atoms. The van der Waals surface area contributed by atoms with Crippen LogP contribution in [0.3, 0.4) is 0 Å². The molecule has 18 heteroatoms. The lowest BCUT2D eigenvalue weighted by Crippen LogP contribution is -2.50. The quantitative estimate of drug-likeness (QED) is 0.0275. The van der Waals surface area contributed by atoms with Crippen molar-refractivity contribution in [2.24, 2.45) is 25.0 Å². The number of nitrogens with two attached hydrogens (primary N) is 1. The van der Waals surface area contributed by atoms with Crippen LogP contribution in [0.25, 0.3) is 5.57 Å². The molecule has 48 heavy (non-hydrogen) atoms. The molecular formula is C30H35ClN9O7S+. The number of hydrogen-bond acceptors (Lipinski definition) is 8. The molecule has 0 aliphatic carbocycles. The molecule has 4 amide bonds. The second-order valence-corrected chi connectivity index (χ2v) is 13.4. The lowest BCUT2D eigenvalue weighted by atomic mass is 10.1. The summed E-state index contributed by atoms with van der Waals surface area (Å²) < 4.78 is 27.4. The zero-order valence-corrected chi connectivity index (χ0v) is 27.8. The molecule has 2 aromatic heterocycles. The van der Waals surface area contributed by atoms with Crippen molar-refractivity contribution in [2.45, 2.75) is 11.3 Å². The summed E-state index contributed by atoms with van der Waals surface area (Å²) in [5.74, 6) is -1.76. The van der Waals surface area contributed by atoms with Gasteiger partial charge in [0.25, 0.3) is 18.2 Å². The molecule has 7 N–H and O–H groups in total. The Morgan fingerprint density at radius 3 is 2.15 bits per heavy atom. The Bertz CT molecular complexity index is 1950. The summed E-state index contributed by atoms with van der Waals surface area (Å²) in [4.78, 5) is 50.8. The van der Waals surface area contributed by atoms with Gasteiger partial charge in [-0.15, -0.1) is 11.6 Å². The smallest absolute Gasteiger partial charge is 0.312 e. The molecule has 1 aliphatic heterocycles. The van der Waals surface area contributed by atoms with Crippen molar-refractivity contribution in [3.8, 4) is 0 Å². The number of sulfone groups is 1. The Morgan fingerprint density at radius 1 is 1.00 bits per heavy atom. The van der Waals surface area contributed by atoms with Gasteiger partial charge < -0.3 is 36.0 Å². The summed E-state index contributed by atoms with van der Waals surface area (Å²) in [6.07, 6.45) is 6.91. The number of halogens is 1. The van der Waals surface area contributed by atoms with Gasteiger partial charge in [0.05, 0.1) is 22.0 Å². The molecule has 0 fully saturated rings. The molecule has 4 rings (SSSR count). The van der Waals surface area contributed by atoms with Crippen LogP contribution < -0.4 is 27.1 Å². The van der Waals surface area contributed by atoms with Gasteiger partial charge in [-0.1, -0.05) is 17.3 Å². The summed E-state index contributed by atoms with van der Waals surface area (Å²) >= 11 is 5.62. The first-order valence-electron chi connectivity index (χ1n) is 14.3. The highest BCUT2D eigenvalue weighted by Crippen LogP contribution is 2.32. The summed E-state index contributed by atoms with van der Waals surface area (Å²) in [6, 6.07) is 9.07. The van der Waals surface area contributed by atoms with Crippen LogP contribution in [0.5, 0.6) is 0 Å². The highest BCUT2D eigenvalue weighted by molar-refractivity contribution is 7.91. The van der Waals surface area contributed by atoms with Gasteiger partial charge in [0, 0.05) is 57.0 Å². The van der Waals surface area contributed by atoms with E-state index in [0.29, 0.717) is 28.9 Å². The lowest BCUT2D eigenvalue weighted by molar-refractivity contribution is -0.849. The number of alkyl halides is 1. The number of carbonyl (C=O) groups excluding carboxylic acids is 4. The minimum absolute atomic E-state index is 0.0264. The first kappa shape index (κ1) is 35.5. The zero-order chi connectivity index (χ0) is 35.2. The van der Waals surface area contributed by atoms with Crippen LogP contribution in [-0.2, 0) is 33.5 Å². The van der Waals surface area contributed by atoms with Gasteiger partial charge in [-0.25, -0.2) is 8.42 Å². The number of benzene rings is 1. The first-order valence-corrected chi connectivity index (χ1v) is 16.5. The van der Waals surface area contributed by atoms with Gasteiger partial charge in [0.2, 0.25) is 5.70 Å². The molecule has 1 atom stereocenters. The fourth-order valence-corrected chi connectivity index (χ4v) is 6.54. The van der Waals surface area contributed by atoms with E-state index >= 15 is 0 Å². The summed E-state index contributed by atoms with van der Waals surface area (Å²) in [7, 11) is 1.31. The van der Waals surface area contributed by atoms with Crippen LogP contribution in [0.4, 0.5) is 11.4 Å². The maximum atomic E-state index is 13.5. The second-order valence-electron chi connectivity index (χ2n) is 10.9. The van der Waals surface area contributed by atoms with Crippen LogP contribution in [-0.4, -0.2) is 82.5 Å². The number of aryl methyl sites for hydroxylation is 2. The largest absolute Gasteiger partial charge is 0.409 e. The van der Waals surface area contributed by atoms with E-state index in [9.17, 15) is 27.6 Å². The van der Waals surface area contributed by atoms with E-state index in [1.54, 1.807) is 57.9 Å². The minimum Gasteiger partial charge on any atom is -0.409 e. The van der Waals surface area contributed by atoms with Crippen molar-refractivity contribution < 1.29 is 37.4 Å². The van der Waals surface area contributed by atoms with Crippen LogP contribution in [0.15, 0.2) is 76.8 Å². The maximum absolute atomic E-state index is 13.5. The molecule has 254 valence electrons. The monoisotopic (exact) mass is 700 g/mol. The third-order valence-electron chi connectivity index (χ3n) is 7.42. The van der Waals surface area contributed by atoms with Crippen molar-refractivity contribution in [1.82, 2.24) is 19.9 Å². The van der Waals surface area contributed by atoms with Crippen molar-refractivity contribution in [3.63, 3.8) is 0 Å². The average molecular weight is 701 g/mol. The number of oxime groups is 1. The summed E-state index contributed by atoms with van der Waals surface area (Å²) in [5.41, 5.74) is 10.5. The number of amides is 4. The number of carbonyl (C=O) groups is 4. The van der Waals surface area contributed by atoms with Gasteiger partial charge in [-0.3, -0.25) is 19.2 Å². The van der Waals surface area contributed by atoms with Crippen molar-refractivity contribution in [1.29, 1.82) is 0 Å². The Balaban J connectivity index is 1.47. The number of likely N-dealkylation sites (N-methyl/N-ethyl adjacent to an activating group) is 1. The molecule has 1 unspecified atom stereocenters. The number of rotatable bonds is 14. The molecule has 1 aromatic carbocycles. The van der Waals surface area contributed by atoms with Gasteiger partial charge >= 0.3 is 5.91 Å². The van der Waals surface area contributed by atoms with Crippen LogP contribution in [0.1, 0.15) is 33.0 Å². The number of amidine groups is 1. The van der Waals surface area contributed by atoms with Crippen molar-refractivity contribution in [2.75, 3.05) is 35.9 Å². The first-order chi connectivity index (χ1) is 22.7. The van der Waals surface area contributed by atoms with E-state index < -0.39 is 27.6 Å². The standard InChI is InChI=1S/C30H34ClN9O7S/c1-38-15-21(13-24(38)28(42)33-10-8-27(32)37-45)35-29(43)25-14-22(16-39(25)2)36-30(44)26-12-20(17-40(26,3)34-18-41)19-4-6-23(7-5-19)48(46,47)11-9-31/h4-7,12-18H,8-11H2,1-3H3,(H6-,32,33,34,35,36,37,41,42,43,44,45)/p+1. The number of nitrogens with one attached hydrogen (secondary N) is 4. The van der Waals surface area contributed by atoms with Crippen molar-refractivity contribution in [3.05, 3.63) is 83.7 Å². The van der Waals surface area contributed by atoms with E-state index in [-0.39, 0.29) is 57.0 Å². The molecule has 3 aromatic rings. The number of nitrogens with zero attached hydrogens (tertiary/aromatic N) is 4. The maximum Gasteiger partial charge on any atom is 0.312 e. The summed E-state index contributed by atoms with van der Waals surface area (Å²) in [6.45, 7) is 0.145. The fraction of sp³-hybridized carbons (Fsp3) is 0.233. The number of quaternary nitrogens is 1. The SMILES string of the molecule is Cn1cc(NC(=O)c2cc(NC(=O)C3=CC(c4ccc(S(=O)(=O)CCCl)cc4)=C[N+]3(C)NC=O)cn2C)cc1C(=O)NCCC(N)=NO. The zero-order valence-electron chi connectivity index (χ0n) is 26.2. The lowest BCUT2D eigenvalue weighted by Gasteiger charge is -2.25. The third kappa shape index (κ3) is 7.93. The molecule has 0 saturated heterocycles. The Kier molecular flexibility index (Phi) is 10.8. The topological polar surface area (TPSA) is 219 Å². The van der Waals surface area contributed by atoms with Gasteiger partial charge in [0.15, 0.2) is 9.84 Å². The second kappa shape index (κ2) is 14.6. The molecular weight excluding hydrogens is 666 g/mol. The molecule has 0 radical (unpaired) electrons.